The fraction of sp³-hybridized carbons (Fsp3) is 0.481. The second-order valence-corrected chi connectivity index (χ2v) is 9.97. The summed E-state index contributed by atoms with van der Waals surface area (Å²) in [4.78, 5) is 23.4. The Morgan fingerprint density at radius 3 is 2.83 bits per heavy atom. The summed E-state index contributed by atoms with van der Waals surface area (Å²) in [6.45, 7) is 13.2. The van der Waals surface area contributed by atoms with Gasteiger partial charge in [-0.3, -0.25) is 9.69 Å². The molecule has 3 fully saturated rings. The average Bonchev–Trinajstić information content (AvgIpc) is 3.24. The van der Waals surface area contributed by atoms with Crippen LogP contribution in [0.25, 0.3) is 0 Å². The van der Waals surface area contributed by atoms with Crippen molar-refractivity contribution in [1.82, 2.24) is 14.8 Å². The summed E-state index contributed by atoms with van der Waals surface area (Å²) >= 11 is 0. The lowest BCUT2D eigenvalue weighted by Gasteiger charge is -2.43. The molecule has 5 heterocycles. The Labute approximate surface area is 206 Å². The lowest BCUT2D eigenvalue weighted by molar-refractivity contribution is -0.125. The van der Waals surface area contributed by atoms with E-state index in [1.807, 2.05) is 11.1 Å². The third kappa shape index (κ3) is 4.15. The van der Waals surface area contributed by atoms with Gasteiger partial charge < -0.3 is 24.6 Å². The smallest absolute Gasteiger partial charge is 0.246 e. The van der Waals surface area contributed by atoms with Crippen molar-refractivity contribution in [3.8, 4) is 5.75 Å². The van der Waals surface area contributed by atoms with Crippen LogP contribution in [0.3, 0.4) is 0 Å². The van der Waals surface area contributed by atoms with Gasteiger partial charge in [-0.2, -0.15) is 0 Å². The van der Waals surface area contributed by atoms with Crippen molar-refractivity contribution in [1.29, 1.82) is 0 Å². The van der Waals surface area contributed by atoms with E-state index in [1.165, 1.54) is 17.3 Å². The van der Waals surface area contributed by atoms with E-state index in [4.69, 9.17) is 9.47 Å². The van der Waals surface area contributed by atoms with Crippen LogP contribution < -0.4 is 15.0 Å². The molecule has 1 aromatic carbocycles. The number of benzene rings is 1. The first-order valence-electron chi connectivity index (χ1n) is 12.6. The topological polar surface area (TPSA) is 70.2 Å². The summed E-state index contributed by atoms with van der Waals surface area (Å²) < 4.78 is 11.9. The summed E-state index contributed by atoms with van der Waals surface area (Å²) in [6, 6.07) is 7.05. The molecule has 0 saturated carbocycles. The van der Waals surface area contributed by atoms with Crippen molar-refractivity contribution in [2.45, 2.75) is 31.9 Å². The number of morpholine rings is 1. The molecular formula is C27H33N5O3. The molecule has 1 amide bonds. The first kappa shape index (κ1) is 22.4. The minimum absolute atomic E-state index is 0.0442. The van der Waals surface area contributed by atoms with Gasteiger partial charge in [0.1, 0.15) is 18.2 Å². The highest BCUT2D eigenvalue weighted by atomic mass is 16.5. The summed E-state index contributed by atoms with van der Waals surface area (Å²) in [6.07, 6.45) is 4.34. The van der Waals surface area contributed by atoms with Gasteiger partial charge in [0.15, 0.2) is 0 Å². The van der Waals surface area contributed by atoms with E-state index in [2.05, 4.69) is 51.8 Å². The predicted molar refractivity (Wildman–Crippen MR) is 136 cm³/mol. The van der Waals surface area contributed by atoms with Crippen LogP contribution in [-0.4, -0.2) is 79.2 Å². The normalized spacial score (nSPS) is 22.4. The molecule has 1 N–H and O–H groups in total. The molecule has 4 aliphatic heterocycles. The summed E-state index contributed by atoms with van der Waals surface area (Å²) in [7, 11) is 0. The highest BCUT2D eigenvalue weighted by molar-refractivity contribution is 5.87. The molecule has 3 saturated heterocycles. The van der Waals surface area contributed by atoms with Gasteiger partial charge in [0.05, 0.1) is 24.5 Å². The molecule has 184 valence electrons. The average molecular weight is 476 g/mol. The monoisotopic (exact) mass is 475 g/mol. The fourth-order valence-corrected chi connectivity index (χ4v) is 5.82. The molecule has 1 atom stereocenters. The minimum Gasteiger partial charge on any atom is -0.486 e. The number of ether oxygens (including phenoxy) is 2. The van der Waals surface area contributed by atoms with Crippen LogP contribution in [0.15, 0.2) is 37.1 Å². The van der Waals surface area contributed by atoms with Gasteiger partial charge in [-0.15, -0.1) is 0 Å². The lowest BCUT2D eigenvalue weighted by Crippen LogP contribution is -2.51. The molecule has 0 aliphatic carbocycles. The van der Waals surface area contributed by atoms with E-state index < -0.39 is 0 Å². The number of nitrogens with zero attached hydrogens (tertiary/aromatic N) is 4. The fourth-order valence-electron chi connectivity index (χ4n) is 5.82. The van der Waals surface area contributed by atoms with E-state index >= 15 is 0 Å². The van der Waals surface area contributed by atoms with Crippen LogP contribution >= 0.6 is 0 Å². The van der Waals surface area contributed by atoms with Crippen molar-refractivity contribution in [3.05, 3.63) is 53.7 Å². The molecule has 1 aromatic heterocycles. The first-order chi connectivity index (χ1) is 17.1. The molecule has 0 bridgehead atoms. The SMILES string of the molecule is C=CC(=O)N1CCC(N2CC(c3cc(C)c4c(c3)Nc3nccc(N5CCOCC5)c3CO4)C2)C1. The number of carbonyl (C=O) groups is 1. The van der Waals surface area contributed by atoms with E-state index in [1.54, 1.807) is 0 Å². The number of rotatable bonds is 4. The second kappa shape index (κ2) is 9.17. The van der Waals surface area contributed by atoms with E-state index in [0.717, 1.165) is 87.3 Å². The van der Waals surface area contributed by atoms with E-state index in [9.17, 15) is 4.79 Å². The van der Waals surface area contributed by atoms with Gasteiger partial charge in [-0.25, -0.2) is 4.98 Å². The standard InChI is InChI=1S/C27H33N5O3/c1-3-25(33)31-7-5-21(16-31)32-14-20(15-32)19-12-18(2)26-23(13-19)29-27-22(17-35-26)24(4-6-28-27)30-8-10-34-11-9-30/h3-4,6,12-13,20-21H,1,5,7-11,14-17H2,2H3,(H,28,29). The van der Waals surface area contributed by atoms with Gasteiger partial charge in [0.25, 0.3) is 0 Å². The second-order valence-electron chi connectivity index (χ2n) is 9.97. The quantitative estimate of drug-likeness (QED) is 0.682. The lowest BCUT2D eigenvalue weighted by atomic mass is 9.88. The molecular weight excluding hydrogens is 442 g/mol. The predicted octanol–water partition coefficient (Wildman–Crippen LogP) is 3.05. The highest BCUT2D eigenvalue weighted by Gasteiger charge is 2.38. The molecule has 35 heavy (non-hydrogen) atoms. The molecule has 1 unspecified atom stereocenters. The van der Waals surface area contributed by atoms with E-state index in [-0.39, 0.29) is 5.91 Å². The van der Waals surface area contributed by atoms with Crippen molar-refractivity contribution < 1.29 is 14.3 Å². The zero-order chi connectivity index (χ0) is 23.9. The Balaban J connectivity index is 1.18. The van der Waals surface area contributed by atoms with Gasteiger partial charge in [0, 0.05) is 63.1 Å². The molecule has 6 rings (SSSR count). The molecule has 8 heteroatoms. The number of pyridine rings is 1. The summed E-state index contributed by atoms with van der Waals surface area (Å²) in [5.41, 5.74) is 5.74. The van der Waals surface area contributed by atoms with Crippen LogP contribution in [0.5, 0.6) is 5.75 Å². The maximum Gasteiger partial charge on any atom is 0.246 e. The number of amides is 1. The minimum atomic E-state index is 0.0442. The number of hydrogen-bond acceptors (Lipinski definition) is 7. The maximum absolute atomic E-state index is 11.9. The number of aromatic nitrogens is 1. The van der Waals surface area contributed by atoms with Crippen molar-refractivity contribution in [2.75, 3.05) is 62.7 Å². The Bertz CT molecular complexity index is 1140. The summed E-state index contributed by atoms with van der Waals surface area (Å²) in [5.74, 6) is 2.31. The molecule has 2 aromatic rings. The van der Waals surface area contributed by atoms with Crippen molar-refractivity contribution >= 4 is 23.1 Å². The summed E-state index contributed by atoms with van der Waals surface area (Å²) in [5, 5.41) is 3.60. The van der Waals surface area contributed by atoms with Crippen molar-refractivity contribution in [2.24, 2.45) is 0 Å². The Kier molecular flexibility index (Phi) is 5.86. The highest BCUT2D eigenvalue weighted by Crippen LogP contribution is 2.42. The van der Waals surface area contributed by atoms with Crippen LogP contribution in [0.4, 0.5) is 17.2 Å². The van der Waals surface area contributed by atoms with Crippen LogP contribution in [-0.2, 0) is 16.1 Å². The molecule has 0 radical (unpaired) electrons. The Morgan fingerprint density at radius 1 is 1.20 bits per heavy atom. The number of aryl methyl sites for hydroxylation is 1. The number of carbonyl (C=O) groups excluding carboxylic acids is 1. The number of nitrogens with one attached hydrogen (secondary N) is 1. The first-order valence-corrected chi connectivity index (χ1v) is 12.6. The number of anilines is 3. The van der Waals surface area contributed by atoms with Crippen LogP contribution in [0.1, 0.15) is 29.0 Å². The number of likely N-dealkylation sites (tertiary alicyclic amines) is 2. The van der Waals surface area contributed by atoms with E-state index in [0.29, 0.717) is 18.6 Å². The Morgan fingerprint density at radius 2 is 2.03 bits per heavy atom. The van der Waals surface area contributed by atoms with Crippen LogP contribution in [0, 0.1) is 6.92 Å². The largest absolute Gasteiger partial charge is 0.486 e. The zero-order valence-electron chi connectivity index (χ0n) is 20.3. The number of fused-ring (bicyclic) bond motifs is 2. The van der Waals surface area contributed by atoms with Gasteiger partial charge in [-0.1, -0.05) is 12.6 Å². The number of hydrogen-bond donors (Lipinski definition) is 1. The third-order valence-corrected chi connectivity index (χ3v) is 7.84. The zero-order valence-corrected chi connectivity index (χ0v) is 20.3. The molecule has 4 aliphatic rings. The van der Waals surface area contributed by atoms with Crippen LogP contribution in [0.2, 0.25) is 0 Å². The molecule has 0 spiro atoms. The van der Waals surface area contributed by atoms with Crippen molar-refractivity contribution in [3.63, 3.8) is 0 Å². The molecule has 8 nitrogen and oxygen atoms in total. The van der Waals surface area contributed by atoms with Gasteiger partial charge in [0.2, 0.25) is 5.91 Å². The Hall–Kier alpha value is -3.10. The van der Waals surface area contributed by atoms with Gasteiger partial charge >= 0.3 is 0 Å². The third-order valence-electron chi connectivity index (χ3n) is 7.84. The van der Waals surface area contributed by atoms with Gasteiger partial charge in [-0.05, 0) is 42.7 Å². The maximum atomic E-state index is 11.9.